The molecule has 0 spiro atoms. The fourth-order valence-corrected chi connectivity index (χ4v) is 0.874. The summed E-state index contributed by atoms with van der Waals surface area (Å²) < 4.78 is 5.04. The highest BCUT2D eigenvalue weighted by Crippen LogP contribution is 1.90. The van der Waals surface area contributed by atoms with E-state index in [2.05, 4.69) is 11.4 Å². The van der Waals surface area contributed by atoms with Crippen LogP contribution in [0.25, 0.3) is 0 Å². The van der Waals surface area contributed by atoms with Gasteiger partial charge in [-0.25, -0.2) is 0 Å². The van der Waals surface area contributed by atoms with Crippen molar-refractivity contribution in [2.75, 3.05) is 14.2 Å². The monoisotopic (exact) mass is 141 g/mol. The van der Waals surface area contributed by atoms with E-state index >= 15 is 0 Å². The van der Waals surface area contributed by atoms with E-state index in [-0.39, 0.29) is 0 Å². The second-order valence-corrected chi connectivity index (χ2v) is 2.14. The molecule has 1 rings (SSSR count). The van der Waals surface area contributed by atoms with Crippen LogP contribution < -0.4 is 10.6 Å². The van der Waals surface area contributed by atoms with Crippen LogP contribution in [-0.2, 0) is 4.74 Å². The highest BCUT2D eigenvalue weighted by Gasteiger charge is 2.11. The summed E-state index contributed by atoms with van der Waals surface area (Å²) in [5.41, 5.74) is 0. The third kappa shape index (κ3) is 1.59. The largest absolute Gasteiger partial charge is 0.455 e. The van der Waals surface area contributed by atoms with Crippen LogP contribution in [0.5, 0.6) is 0 Å². The minimum absolute atomic E-state index is 0.319. The van der Waals surface area contributed by atoms with Gasteiger partial charge in [-0.3, -0.25) is 10.6 Å². The molecule has 0 aromatic carbocycles. The van der Waals surface area contributed by atoms with Gasteiger partial charge in [0.25, 0.3) is 5.88 Å². The number of quaternary nitrogens is 1. The maximum absolute atomic E-state index is 5.04. The van der Waals surface area contributed by atoms with Gasteiger partial charge in [0, 0.05) is 6.08 Å². The molecule has 1 atom stereocenters. The van der Waals surface area contributed by atoms with Crippen LogP contribution in [0.4, 0.5) is 0 Å². The van der Waals surface area contributed by atoms with Gasteiger partial charge in [-0.05, 0) is 19.2 Å². The number of likely N-dealkylation sites (N-methyl/N-ethyl adjacent to an activating group) is 1. The Kier molecular flexibility index (Phi) is 2.48. The van der Waals surface area contributed by atoms with Gasteiger partial charge < -0.3 is 4.74 Å². The number of hydrogen-bond donors (Lipinski definition) is 2. The first-order valence-corrected chi connectivity index (χ1v) is 3.31. The van der Waals surface area contributed by atoms with Gasteiger partial charge in [0.15, 0.2) is 6.17 Å². The number of nitrogens with one attached hydrogen (secondary N) is 1. The zero-order chi connectivity index (χ0) is 7.40. The summed E-state index contributed by atoms with van der Waals surface area (Å²) in [6.07, 6.45) is 6.32. The van der Waals surface area contributed by atoms with Crippen LogP contribution in [-0.4, -0.2) is 20.3 Å². The zero-order valence-corrected chi connectivity index (χ0v) is 6.29. The Bertz CT molecular complexity index is 163. The minimum Gasteiger partial charge on any atom is -0.455 e. The maximum Gasteiger partial charge on any atom is 0.289 e. The van der Waals surface area contributed by atoms with Gasteiger partial charge in [-0.2, -0.15) is 0 Å². The van der Waals surface area contributed by atoms with Crippen LogP contribution in [0.15, 0.2) is 24.1 Å². The van der Waals surface area contributed by atoms with Gasteiger partial charge in [0.05, 0.1) is 7.11 Å². The molecule has 0 amide bonds. The predicted molar refractivity (Wildman–Crippen MR) is 39.0 cm³/mol. The van der Waals surface area contributed by atoms with Crippen LogP contribution in [0.2, 0.25) is 0 Å². The molecule has 0 aromatic rings. The lowest BCUT2D eigenvalue weighted by atomic mass is 10.3. The third-order valence-electron chi connectivity index (χ3n) is 1.49. The zero-order valence-electron chi connectivity index (χ0n) is 6.29. The quantitative estimate of drug-likeness (QED) is 0.526. The second kappa shape index (κ2) is 3.39. The fourth-order valence-electron chi connectivity index (χ4n) is 0.874. The Balaban J connectivity index is 2.50. The van der Waals surface area contributed by atoms with Gasteiger partial charge in [-0.1, -0.05) is 0 Å². The Hall–Kier alpha value is -0.800. The average Bonchev–Trinajstić information content (AvgIpc) is 2.05. The molecule has 1 heterocycles. The first kappa shape index (κ1) is 7.31. The Morgan fingerprint density at radius 3 is 3.10 bits per heavy atom. The third-order valence-corrected chi connectivity index (χ3v) is 1.49. The molecule has 56 valence electrons. The van der Waals surface area contributed by atoms with Gasteiger partial charge in [-0.15, -0.1) is 0 Å². The van der Waals surface area contributed by atoms with Crippen molar-refractivity contribution >= 4 is 0 Å². The molecule has 0 saturated heterocycles. The van der Waals surface area contributed by atoms with Crippen molar-refractivity contribution < 1.29 is 10.1 Å². The van der Waals surface area contributed by atoms with Crippen molar-refractivity contribution in [1.82, 2.24) is 5.32 Å². The molecule has 0 fully saturated rings. The fraction of sp³-hybridized carbons (Fsp3) is 0.429. The molecule has 0 aromatic heterocycles. The van der Waals surface area contributed by atoms with Crippen molar-refractivity contribution in [2.24, 2.45) is 0 Å². The summed E-state index contributed by atoms with van der Waals surface area (Å²) in [4.78, 5) is 0. The predicted octanol–water partition coefficient (Wildman–Crippen LogP) is -0.847. The SMILES string of the molecule is CNC1C=CC=C(OC)[NH2+]1. The van der Waals surface area contributed by atoms with Gasteiger partial charge >= 0.3 is 0 Å². The Morgan fingerprint density at radius 1 is 1.70 bits per heavy atom. The Morgan fingerprint density at radius 2 is 2.50 bits per heavy atom. The number of hydrogen-bond acceptors (Lipinski definition) is 2. The van der Waals surface area contributed by atoms with E-state index in [9.17, 15) is 0 Å². The van der Waals surface area contributed by atoms with Crippen molar-refractivity contribution in [3.05, 3.63) is 24.1 Å². The van der Waals surface area contributed by atoms with E-state index in [1.807, 2.05) is 24.5 Å². The number of methoxy groups -OCH3 is 1. The molecular weight excluding hydrogens is 128 g/mol. The molecule has 1 unspecified atom stereocenters. The van der Waals surface area contributed by atoms with Crippen LogP contribution in [0, 0.1) is 0 Å². The molecule has 0 saturated carbocycles. The number of rotatable bonds is 2. The minimum atomic E-state index is 0.319. The number of allylic oxidation sites excluding steroid dienone is 2. The van der Waals surface area contributed by atoms with Crippen LogP contribution in [0.3, 0.4) is 0 Å². The van der Waals surface area contributed by atoms with Crippen molar-refractivity contribution in [1.29, 1.82) is 0 Å². The van der Waals surface area contributed by atoms with E-state index in [1.165, 1.54) is 0 Å². The molecular formula is C7H13N2O+. The molecule has 0 aliphatic carbocycles. The van der Waals surface area contributed by atoms with Crippen molar-refractivity contribution in [3.8, 4) is 0 Å². The topological polar surface area (TPSA) is 37.9 Å². The molecule has 0 bridgehead atoms. The molecule has 3 heteroatoms. The first-order valence-electron chi connectivity index (χ1n) is 3.31. The van der Waals surface area contributed by atoms with E-state index in [4.69, 9.17) is 4.74 Å². The lowest BCUT2D eigenvalue weighted by Gasteiger charge is -2.13. The van der Waals surface area contributed by atoms with Crippen molar-refractivity contribution in [2.45, 2.75) is 6.17 Å². The molecule has 0 radical (unpaired) electrons. The summed E-state index contributed by atoms with van der Waals surface area (Å²) in [5.74, 6) is 0.918. The van der Waals surface area contributed by atoms with Crippen molar-refractivity contribution in [3.63, 3.8) is 0 Å². The lowest BCUT2D eigenvalue weighted by molar-refractivity contribution is -0.662. The number of nitrogens with two attached hydrogens (primary N) is 1. The average molecular weight is 141 g/mol. The molecule has 1 aliphatic rings. The lowest BCUT2D eigenvalue weighted by Crippen LogP contribution is -2.91. The van der Waals surface area contributed by atoms with Gasteiger partial charge in [0.1, 0.15) is 0 Å². The van der Waals surface area contributed by atoms with E-state index < -0.39 is 0 Å². The summed E-state index contributed by atoms with van der Waals surface area (Å²) in [6, 6.07) is 0. The van der Waals surface area contributed by atoms with E-state index in [0.717, 1.165) is 5.88 Å². The highest BCUT2D eigenvalue weighted by atomic mass is 16.5. The molecule has 1 aliphatic heterocycles. The smallest absolute Gasteiger partial charge is 0.289 e. The highest BCUT2D eigenvalue weighted by molar-refractivity contribution is 5.07. The Labute approximate surface area is 60.8 Å². The van der Waals surface area contributed by atoms with Crippen LogP contribution >= 0.6 is 0 Å². The van der Waals surface area contributed by atoms with E-state index in [1.54, 1.807) is 7.11 Å². The molecule has 10 heavy (non-hydrogen) atoms. The second-order valence-electron chi connectivity index (χ2n) is 2.14. The summed E-state index contributed by atoms with van der Waals surface area (Å²) in [6.45, 7) is 0. The normalized spacial score (nSPS) is 24.2. The van der Waals surface area contributed by atoms with E-state index in [0.29, 0.717) is 6.17 Å². The number of ether oxygens (including phenoxy) is 1. The summed E-state index contributed by atoms with van der Waals surface area (Å²) >= 11 is 0. The maximum atomic E-state index is 5.04. The first-order chi connectivity index (χ1) is 4.86. The van der Waals surface area contributed by atoms with Gasteiger partial charge in [0.2, 0.25) is 0 Å². The molecule has 3 nitrogen and oxygen atoms in total. The molecule has 3 N–H and O–H groups in total. The van der Waals surface area contributed by atoms with Crippen LogP contribution in [0.1, 0.15) is 0 Å². The standard InChI is InChI=1S/C7H12N2O/c1-8-6-4-3-5-7(9-6)10-2/h3-6,8-9H,1-2H3/p+1. The summed E-state index contributed by atoms with van der Waals surface area (Å²) in [7, 11) is 3.60. The summed E-state index contributed by atoms with van der Waals surface area (Å²) in [5, 5.41) is 5.13.